The van der Waals surface area contributed by atoms with E-state index in [0.29, 0.717) is 0 Å². The summed E-state index contributed by atoms with van der Waals surface area (Å²) in [6.45, 7) is 10.3. The average molecular weight is 281 g/mol. The number of hydrogen-bond donors (Lipinski definition) is 0. The highest BCUT2D eigenvalue weighted by atomic mass is 13.9. The molecule has 0 aromatic heterocycles. The van der Waals surface area contributed by atoms with Gasteiger partial charge in [-0.3, -0.25) is 0 Å². The lowest BCUT2D eigenvalue weighted by atomic mass is 10.1. The molecular formula is C20H40. The Balaban J connectivity index is 0. The van der Waals surface area contributed by atoms with Crippen molar-refractivity contribution in [3.63, 3.8) is 0 Å². The minimum atomic E-state index is 1.20. The fourth-order valence-electron chi connectivity index (χ4n) is 2.10. The highest BCUT2D eigenvalue weighted by Gasteiger charge is 1.86. The first-order valence-electron chi connectivity index (χ1n) is 9.05. The van der Waals surface area contributed by atoms with Gasteiger partial charge in [-0.2, -0.15) is 0 Å². The normalized spacial score (nSPS) is 10.3. The number of unbranched alkanes of at least 4 members (excludes halogenated alkanes) is 11. The van der Waals surface area contributed by atoms with Crippen molar-refractivity contribution in [2.75, 3.05) is 0 Å². The fraction of sp³-hybridized carbons (Fsp3) is 0.800. The lowest BCUT2D eigenvalue weighted by molar-refractivity contribution is 0.611. The third-order valence-electron chi connectivity index (χ3n) is 3.47. The van der Waals surface area contributed by atoms with E-state index in [4.69, 9.17) is 0 Å². The molecule has 0 saturated carbocycles. The zero-order valence-electron chi connectivity index (χ0n) is 14.6. The third kappa shape index (κ3) is 26.1. The maximum atomic E-state index is 3.69. The largest absolute Gasteiger partial charge is 0.103 e. The minimum absolute atomic E-state index is 1.20. The Kier molecular flexibility index (Phi) is 25.7. The molecule has 0 saturated heterocycles. The molecule has 0 aromatic rings. The molecule has 120 valence electrons. The summed E-state index contributed by atoms with van der Waals surface area (Å²) in [6.07, 6.45) is 24.2. The van der Waals surface area contributed by atoms with Crippen molar-refractivity contribution >= 4 is 0 Å². The molecule has 20 heavy (non-hydrogen) atoms. The van der Waals surface area contributed by atoms with Crippen LogP contribution in [0.1, 0.15) is 104 Å². The van der Waals surface area contributed by atoms with Crippen molar-refractivity contribution in [2.45, 2.75) is 104 Å². The molecule has 0 rings (SSSR count). The maximum absolute atomic E-state index is 3.69. The number of rotatable bonds is 13. The summed E-state index contributed by atoms with van der Waals surface area (Å²) in [4.78, 5) is 0. The molecule has 0 aliphatic carbocycles. The molecule has 0 amide bonds. The SMILES string of the molecule is C=CCCCCCCCC.CC=CCCCCCCC. The number of hydrogen-bond acceptors (Lipinski definition) is 0. The summed E-state index contributed by atoms with van der Waals surface area (Å²) in [7, 11) is 0. The van der Waals surface area contributed by atoms with Crippen LogP contribution in [0.5, 0.6) is 0 Å². The Morgan fingerprint density at radius 1 is 0.650 bits per heavy atom. The average Bonchev–Trinajstić information content (AvgIpc) is 2.47. The van der Waals surface area contributed by atoms with Crippen molar-refractivity contribution < 1.29 is 0 Å². The summed E-state index contributed by atoms with van der Waals surface area (Å²) in [5, 5.41) is 0. The van der Waals surface area contributed by atoms with E-state index in [1.807, 2.05) is 6.08 Å². The Morgan fingerprint density at radius 2 is 1.10 bits per heavy atom. The van der Waals surface area contributed by atoms with Crippen molar-refractivity contribution in [2.24, 2.45) is 0 Å². The molecule has 0 radical (unpaired) electrons. The van der Waals surface area contributed by atoms with E-state index < -0.39 is 0 Å². The van der Waals surface area contributed by atoms with Crippen molar-refractivity contribution in [1.82, 2.24) is 0 Å². The van der Waals surface area contributed by atoms with E-state index in [2.05, 4.69) is 39.5 Å². The van der Waals surface area contributed by atoms with E-state index in [9.17, 15) is 0 Å². The number of allylic oxidation sites excluding steroid dienone is 3. The van der Waals surface area contributed by atoms with Crippen molar-refractivity contribution in [1.29, 1.82) is 0 Å². The Bertz CT molecular complexity index is 178. The molecule has 0 bridgehead atoms. The summed E-state index contributed by atoms with van der Waals surface area (Å²) in [5.41, 5.74) is 0. The van der Waals surface area contributed by atoms with Crippen molar-refractivity contribution in [3.05, 3.63) is 24.8 Å². The third-order valence-corrected chi connectivity index (χ3v) is 3.47. The first-order valence-corrected chi connectivity index (χ1v) is 9.05. The van der Waals surface area contributed by atoms with Gasteiger partial charge < -0.3 is 0 Å². The second-order valence-corrected chi connectivity index (χ2v) is 5.62. The molecule has 0 aliphatic rings. The van der Waals surface area contributed by atoms with Gasteiger partial charge in [0, 0.05) is 0 Å². The Hall–Kier alpha value is -0.520. The van der Waals surface area contributed by atoms with Crippen LogP contribution in [-0.4, -0.2) is 0 Å². The van der Waals surface area contributed by atoms with Gasteiger partial charge in [0.05, 0.1) is 0 Å². The van der Waals surface area contributed by atoms with Crippen LogP contribution in [0.2, 0.25) is 0 Å². The van der Waals surface area contributed by atoms with Crippen LogP contribution in [0.3, 0.4) is 0 Å². The predicted molar refractivity (Wildman–Crippen MR) is 96.4 cm³/mol. The van der Waals surface area contributed by atoms with Crippen LogP contribution < -0.4 is 0 Å². The highest BCUT2D eigenvalue weighted by Crippen LogP contribution is 2.06. The molecule has 0 aromatic carbocycles. The molecule has 0 unspecified atom stereocenters. The Morgan fingerprint density at radius 3 is 1.55 bits per heavy atom. The highest BCUT2D eigenvalue weighted by molar-refractivity contribution is 4.76. The van der Waals surface area contributed by atoms with E-state index in [0.717, 1.165) is 0 Å². The zero-order chi connectivity index (χ0) is 15.3. The van der Waals surface area contributed by atoms with Gasteiger partial charge >= 0.3 is 0 Å². The molecule has 0 fully saturated rings. The summed E-state index contributed by atoms with van der Waals surface area (Å²) in [6, 6.07) is 0. The molecule has 0 heteroatoms. The zero-order valence-corrected chi connectivity index (χ0v) is 14.6. The topological polar surface area (TPSA) is 0 Å². The molecule has 0 spiro atoms. The molecular weight excluding hydrogens is 240 g/mol. The molecule has 0 N–H and O–H groups in total. The van der Waals surface area contributed by atoms with E-state index in [-0.39, 0.29) is 0 Å². The van der Waals surface area contributed by atoms with Gasteiger partial charge in [0.1, 0.15) is 0 Å². The fourth-order valence-corrected chi connectivity index (χ4v) is 2.10. The van der Waals surface area contributed by atoms with Gasteiger partial charge in [0.2, 0.25) is 0 Å². The minimum Gasteiger partial charge on any atom is -0.103 e. The first-order chi connectivity index (χ1) is 9.83. The predicted octanol–water partition coefficient (Wildman–Crippen LogP) is 7.85. The molecule has 0 heterocycles. The van der Waals surface area contributed by atoms with Gasteiger partial charge in [-0.05, 0) is 32.6 Å². The monoisotopic (exact) mass is 280 g/mol. The summed E-state index contributed by atoms with van der Waals surface area (Å²) in [5.74, 6) is 0. The maximum Gasteiger partial charge on any atom is -0.0351 e. The quantitative estimate of drug-likeness (QED) is 0.238. The van der Waals surface area contributed by atoms with E-state index >= 15 is 0 Å². The standard InChI is InChI=1S/2C10H20/c2*1-3-5-7-9-10-8-6-4-2/h3,5H,4,6-10H2,1-2H3;3H,1,4-10H2,2H3. The lowest BCUT2D eigenvalue weighted by Gasteiger charge is -1.96. The first kappa shape index (κ1) is 21.8. The van der Waals surface area contributed by atoms with Gasteiger partial charge in [-0.15, -0.1) is 6.58 Å². The van der Waals surface area contributed by atoms with Crippen LogP contribution in [0.25, 0.3) is 0 Å². The van der Waals surface area contributed by atoms with Crippen LogP contribution in [-0.2, 0) is 0 Å². The van der Waals surface area contributed by atoms with Crippen LogP contribution in [0.4, 0.5) is 0 Å². The van der Waals surface area contributed by atoms with Crippen LogP contribution in [0, 0.1) is 0 Å². The molecule has 0 nitrogen and oxygen atoms in total. The van der Waals surface area contributed by atoms with E-state index in [1.165, 1.54) is 83.5 Å². The Labute approximate surface area is 129 Å². The van der Waals surface area contributed by atoms with Crippen molar-refractivity contribution in [3.8, 4) is 0 Å². The van der Waals surface area contributed by atoms with Crippen LogP contribution >= 0.6 is 0 Å². The lowest BCUT2D eigenvalue weighted by Crippen LogP contribution is -1.76. The smallest absolute Gasteiger partial charge is 0.0351 e. The van der Waals surface area contributed by atoms with Gasteiger partial charge in [0.15, 0.2) is 0 Å². The summed E-state index contributed by atoms with van der Waals surface area (Å²) < 4.78 is 0. The molecule has 0 atom stereocenters. The van der Waals surface area contributed by atoms with Gasteiger partial charge in [-0.25, -0.2) is 0 Å². The summed E-state index contributed by atoms with van der Waals surface area (Å²) >= 11 is 0. The van der Waals surface area contributed by atoms with Gasteiger partial charge in [0.25, 0.3) is 0 Å². The van der Waals surface area contributed by atoms with Gasteiger partial charge in [-0.1, -0.05) is 89.9 Å². The second-order valence-electron chi connectivity index (χ2n) is 5.62. The van der Waals surface area contributed by atoms with E-state index in [1.54, 1.807) is 0 Å². The molecule has 0 aliphatic heterocycles. The second kappa shape index (κ2) is 23.6. The van der Waals surface area contributed by atoms with Crippen LogP contribution in [0.15, 0.2) is 24.8 Å².